The lowest BCUT2D eigenvalue weighted by Gasteiger charge is -2.41. The Kier molecular flexibility index (Phi) is 9.52. The largest absolute Gasteiger partial charge is 0.497 e. The predicted octanol–water partition coefficient (Wildman–Crippen LogP) is 6.51. The van der Waals surface area contributed by atoms with Crippen LogP contribution in [0.15, 0.2) is 46.1 Å². The number of aliphatic hydroxyl groups is 1. The molecule has 0 spiro atoms. The Labute approximate surface area is 225 Å². The Morgan fingerprint density at radius 3 is 2.83 bits per heavy atom. The van der Waals surface area contributed by atoms with Crippen molar-refractivity contribution in [2.24, 2.45) is 5.41 Å². The Hall–Kier alpha value is -1.84. The molecule has 1 fully saturated rings. The zero-order chi connectivity index (χ0) is 25.5. The number of pyridine rings is 1. The van der Waals surface area contributed by atoms with Gasteiger partial charge in [-0.25, -0.2) is 0 Å². The molecule has 1 aromatic carbocycles. The smallest absolute Gasteiger partial charge is 0.303 e. The monoisotopic (exact) mass is 548 g/mol. The van der Waals surface area contributed by atoms with E-state index in [1.807, 2.05) is 30.0 Å². The van der Waals surface area contributed by atoms with Gasteiger partial charge in [-0.15, -0.1) is 11.8 Å². The molecule has 4 rings (SSSR count). The fourth-order valence-corrected chi connectivity index (χ4v) is 7.11. The van der Waals surface area contributed by atoms with Gasteiger partial charge in [-0.2, -0.15) is 11.3 Å². The van der Waals surface area contributed by atoms with E-state index in [4.69, 9.17) is 16.3 Å². The fraction of sp³-hybridized carbons (Fsp3) is 0.481. The minimum Gasteiger partial charge on any atom is -0.497 e. The molecule has 194 valence electrons. The van der Waals surface area contributed by atoms with Gasteiger partial charge < -0.3 is 19.8 Å². The van der Waals surface area contributed by atoms with Crippen LogP contribution in [0.3, 0.4) is 0 Å². The van der Waals surface area contributed by atoms with E-state index in [-0.39, 0.29) is 11.8 Å². The van der Waals surface area contributed by atoms with Crippen LogP contribution in [-0.2, 0) is 4.79 Å². The van der Waals surface area contributed by atoms with Crippen molar-refractivity contribution in [2.75, 3.05) is 32.5 Å². The summed E-state index contributed by atoms with van der Waals surface area (Å²) >= 11 is 10.1. The topological polar surface area (TPSA) is 82.9 Å². The molecule has 6 nitrogen and oxygen atoms in total. The quantitative estimate of drug-likeness (QED) is 0.197. The van der Waals surface area contributed by atoms with E-state index < -0.39 is 12.1 Å². The number of hydrogen-bond donors (Lipinski definition) is 2. The summed E-state index contributed by atoms with van der Waals surface area (Å²) in [5.74, 6) is 0.983. The number of piperidine rings is 1. The molecule has 1 atom stereocenters. The molecule has 9 heteroatoms. The molecule has 1 unspecified atom stereocenters. The highest BCUT2D eigenvalue weighted by molar-refractivity contribution is 7.99. The number of thiophene rings is 1. The first-order valence-electron chi connectivity index (χ1n) is 12.3. The number of nitrogens with zero attached hydrogens (tertiary/aromatic N) is 2. The average Bonchev–Trinajstić information content (AvgIpc) is 3.39. The number of fused-ring (bicyclic) bond motifs is 1. The molecule has 3 heterocycles. The van der Waals surface area contributed by atoms with Crippen LogP contribution in [-0.4, -0.2) is 58.6 Å². The molecule has 1 aliphatic rings. The highest BCUT2D eigenvalue weighted by Crippen LogP contribution is 2.43. The summed E-state index contributed by atoms with van der Waals surface area (Å²) in [5.41, 5.74) is 1.05. The molecule has 0 aliphatic carbocycles. The summed E-state index contributed by atoms with van der Waals surface area (Å²) in [6.07, 6.45) is 4.71. The first kappa shape index (κ1) is 27.2. The molecular weight excluding hydrogens is 516 g/mol. The molecular formula is C27H33ClN2O4S2. The number of halogens is 1. The van der Waals surface area contributed by atoms with E-state index in [1.54, 1.807) is 24.6 Å². The lowest BCUT2D eigenvalue weighted by Crippen LogP contribution is -2.41. The minimum atomic E-state index is -0.812. The Morgan fingerprint density at radius 1 is 1.33 bits per heavy atom. The maximum Gasteiger partial charge on any atom is 0.303 e. The van der Waals surface area contributed by atoms with Crippen LogP contribution in [0.2, 0.25) is 5.02 Å². The van der Waals surface area contributed by atoms with Crippen molar-refractivity contribution in [2.45, 2.75) is 49.5 Å². The van der Waals surface area contributed by atoms with Crippen molar-refractivity contribution in [1.82, 2.24) is 9.88 Å². The standard InChI is InChI=1S/C27H33ClN2O4S2/c1-34-19-3-4-23-21(15-19)26(22(28)17-29-23)24(31)5-7-27(16-25(32)33)8-11-30(12-9-27)10-2-13-36-20-6-14-35-18-20/h3-4,6,14-15,17-18,24,31H,2,5,7-13,16H2,1H3,(H,32,33). The van der Waals surface area contributed by atoms with Gasteiger partial charge >= 0.3 is 5.97 Å². The first-order valence-corrected chi connectivity index (χ1v) is 14.6. The van der Waals surface area contributed by atoms with Crippen molar-refractivity contribution in [3.63, 3.8) is 0 Å². The molecule has 0 saturated carbocycles. The zero-order valence-corrected chi connectivity index (χ0v) is 22.9. The third-order valence-corrected chi connectivity index (χ3v) is 9.39. The van der Waals surface area contributed by atoms with Gasteiger partial charge in [-0.1, -0.05) is 11.6 Å². The number of methoxy groups -OCH3 is 1. The third kappa shape index (κ3) is 6.92. The number of ether oxygens (including phenoxy) is 1. The summed E-state index contributed by atoms with van der Waals surface area (Å²) in [4.78, 5) is 19.9. The van der Waals surface area contributed by atoms with Crippen LogP contribution in [0.5, 0.6) is 5.75 Å². The summed E-state index contributed by atoms with van der Waals surface area (Å²) in [5, 5.41) is 26.3. The summed E-state index contributed by atoms with van der Waals surface area (Å²) < 4.78 is 5.35. The van der Waals surface area contributed by atoms with Crippen LogP contribution in [0.1, 0.15) is 50.2 Å². The second-order valence-corrected chi connectivity index (χ2v) is 11.9. The lowest BCUT2D eigenvalue weighted by atomic mass is 9.71. The molecule has 2 aromatic heterocycles. The van der Waals surface area contributed by atoms with Gasteiger partial charge in [0.15, 0.2) is 0 Å². The lowest BCUT2D eigenvalue weighted by molar-refractivity contribution is -0.141. The highest BCUT2D eigenvalue weighted by atomic mass is 35.5. The number of benzene rings is 1. The number of likely N-dealkylation sites (tertiary alicyclic amines) is 1. The predicted molar refractivity (Wildman–Crippen MR) is 148 cm³/mol. The zero-order valence-electron chi connectivity index (χ0n) is 20.5. The molecule has 2 N–H and O–H groups in total. The molecule has 1 aliphatic heterocycles. The molecule has 1 saturated heterocycles. The van der Waals surface area contributed by atoms with Gasteiger partial charge in [0.1, 0.15) is 5.75 Å². The van der Waals surface area contributed by atoms with Gasteiger partial charge in [0.2, 0.25) is 0 Å². The normalized spacial score (nSPS) is 16.8. The van der Waals surface area contributed by atoms with E-state index in [2.05, 4.69) is 26.7 Å². The number of aliphatic hydroxyl groups excluding tert-OH is 1. The first-order chi connectivity index (χ1) is 17.4. The number of carboxylic acid groups (broad SMARTS) is 1. The third-order valence-electron chi connectivity index (χ3n) is 7.17. The maximum atomic E-state index is 11.8. The number of aliphatic carboxylic acids is 1. The number of carboxylic acids is 1. The van der Waals surface area contributed by atoms with Crippen molar-refractivity contribution >= 4 is 51.6 Å². The highest BCUT2D eigenvalue weighted by Gasteiger charge is 2.37. The minimum absolute atomic E-state index is 0.125. The molecule has 0 amide bonds. The van der Waals surface area contributed by atoms with Crippen molar-refractivity contribution in [1.29, 1.82) is 0 Å². The average molecular weight is 549 g/mol. The number of carbonyl (C=O) groups is 1. The number of hydrogen-bond acceptors (Lipinski definition) is 7. The van der Waals surface area contributed by atoms with Crippen molar-refractivity contribution in [3.05, 3.63) is 51.8 Å². The van der Waals surface area contributed by atoms with Crippen LogP contribution in [0, 0.1) is 5.41 Å². The van der Waals surface area contributed by atoms with Gasteiger partial charge in [0.25, 0.3) is 0 Å². The van der Waals surface area contributed by atoms with Gasteiger partial charge in [-0.05, 0) is 92.6 Å². The summed E-state index contributed by atoms with van der Waals surface area (Å²) in [7, 11) is 1.60. The van der Waals surface area contributed by atoms with E-state index in [1.165, 1.54) is 4.90 Å². The molecule has 0 radical (unpaired) electrons. The van der Waals surface area contributed by atoms with E-state index in [9.17, 15) is 15.0 Å². The number of rotatable bonds is 12. The molecule has 36 heavy (non-hydrogen) atoms. The SMILES string of the molecule is COc1ccc2ncc(Cl)c(C(O)CCC3(CC(=O)O)CCN(CCCSc4ccsc4)CC3)c2c1. The van der Waals surface area contributed by atoms with Gasteiger partial charge in [0, 0.05) is 27.4 Å². The molecule has 3 aromatic rings. The van der Waals surface area contributed by atoms with Crippen LogP contribution in [0.25, 0.3) is 10.9 Å². The number of thioether (sulfide) groups is 1. The molecule has 0 bridgehead atoms. The fourth-order valence-electron chi connectivity index (χ4n) is 5.12. The Morgan fingerprint density at radius 2 is 2.14 bits per heavy atom. The van der Waals surface area contributed by atoms with E-state index >= 15 is 0 Å². The van der Waals surface area contributed by atoms with Crippen molar-refractivity contribution in [3.8, 4) is 5.75 Å². The van der Waals surface area contributed by atoms with Crippen molar-refractivity contribution < 1.29 is 19.7 Å². The van der Waals surface area contributed by atoms with E-state index in [0.717, 1.165) is 55.6 Å². The summed E-state index contributed by atoms with van der Waals surface area (Å²) in [6.45, 7) is 2.81. The Bertz CT molecular complexity index is 1150. The van der Waals surface area contributed by atoms with Crippen LogP contribution in [0.4, 0.5) is 0 Å². The number of aromatic nitrogens is 1. The van der Waals surface area contributed by atoms with Crippen LogP contribution >= 0.6 is 34.7 Å². The Balaban J connectivity index is 1.37. The second kappa shape index (κ2) is 12.6. The summed E-state index contributed by atoms with van der Waals surface area (Å²) in [6, 6.07) is 7.68. The van der Waals surface area contributed by atoms with E-state index in [0.29, 0.717) is 29.2 Å². The maximum absolute atomic E-state index is 11.8. The van der Waals surface area contributed by atoms with Gasteiger partial charge in [-0.3, -0.25) is 9.78 Å². The second-order valence-electron chi connectivity index (χ2n) is 9.53. The van der Waals surface area contributed by atoms with Gasteiger partial charge in [0.05, 0.1) is 30.2 Å². The van der Waals surface area contributed by atoms with Crippen LogP contribution < -0.4 is 4.74 Å².